The van der Waals surface area contributed by atoms with E-state index >= 15 is 0 Å². The summed E-state index contributed by atoms with van der Waals surface area (Å²) in [7, 11) is 1.83. The number of nitriles is 1. The molecule has 1 aliphatic heterocycles. The average Bonchev–Trinajstić information content (AvgIpc) is 2.68. The Morgan fingerprint density at radius 2 is 2.07 bits per heavy atom. The van der Waals surface area contributed by atoms with E-state index in [0.29, 0.717) is 33.6 Å². The van der Waals surface area contributed by atoms with Gasteiger partial charge in [0.15, 0.2) is 5.17 Å². The molecule has 8 heteroatoms. The third-order valence-electron chi connectivity index (χ3n) is 4.47. The minimum atomic E-state index is -0.514. The van der Waals surface area contributed by atoms with Crippen molar-refractivity contribution in [2.45, 2.75) is 31.5 Å². The molecule has 3 rings (SSSR count). The third-order valence-corrected chi connectivity index (χ3v) is 5.36. The van der Waals surface area contributed by atoms with Crippen molar-refractivity contribution in [1.82, 2.24) is 15.6 Å². The lowest BCUT2D eigenvalue weighted by atomic mass is 9.96. The molecule has 29 heavy (non-hydrogen) atoms. The summed E-state index contributed by atoms with van der Waals surface area (Å²) < 4.78 is 0. The van der Waals surface area contributed by atoms with Crippen molar-refractivity contribution < 1.29 is 4.79 Å². The van der Waals surface area contributed by atoms with Crippen LogP contribution in [0.1, 0.15) is 35.3 Å². The molecule has 0 radical (unpaired) electrons. The lowest BCUT2D eigenvalue weighted by Gasteiger charge is -2.25. The molecule has 0 bridgehead atoms. The SMILES string of the molecule is CNCc1cc(C)nc(SC2=N[C@@H](c3ccccc3)C(C(N)=O)=C(C)N2)c1C#N. The molecule has 1 amide bonds. The maximum absolute atomic E-state index is 12.1. The molecule has 1 aromatic carbocycles. The van der Waals surface area contributed by atoms with E-state index in [1.165, 1.54) is 11.8 Å². The predicted octanol–water partition coefficient (Wildman–Crippen LogP) is 2.53. The lowest BCUT2D eigenvalue weighted by molar-refractivity contribution is -0.114. The van der Waals surface area contributed by atoms with Crippen molar-refractivity contribution >= 4 is 22.8 Å². The van der Waals surface area contributed by atoms with Crippen molar-refractivity contribution in [3.63, 3.8) is 0 Å². The molecule has 2 heterocycles. The molecule has 148 valence electrons. The van der Waals surface area contributed by atoms with Crippen LogP contribution in [0.2, 0.25) is 0 Å². The maximum Gasteiger partial charge on any atom is 0.248 e. The number of carbonyl (C=O) groups is 1. The predicted molar refractivity (Wildman–Crippen MR) is 114 cm³/mol. The first kappa shape index (κ1) is 20.6. The van der Waals surface area contributed by atoms with Gasteiger partial charge in [-0.05, 0) is 49.9 Å². The second-order valence-electron chi connectivity index (χ2n) is 6.62. The standard InChI is InChI=1S/C21H22N6OS/c1-12-9-15(11-24-3)16(10-22)20(25-12)29-21-26-13(2)17(19(23)28)18(27-21)14-7-5-4-6-8-14/h4-9,18,24H,11H2,1-3H3,(H2,23,28)(H,26,27)/t18-/m0/s1. The first-order chi connectivity index (χ1) is 13.9. The van der Waals surface area contributed by atoms with E-state index in [2.05, 4.69) is 21.7 Å². The van der Waals surface area contributed by atoms with Crippen LogP contribution in [0, 0.1) is 18.3 Å². The van der Waals surface area contributed by atoms with Crippen molar-refractivity contribution in [3.05, 3.63) is 70.1 Å². The number of thioether (sulfide) groups is 1. The first-order valence-electron chi connectivity index (χ1n) is 9.08. The van der Waals surface area contributed by atoms with Crippen molar-refractivity contribution in [2.24, 2.45) is 10.7 Å². The normalized spacial score (nSPS) is 16.1. The van der Waals surface area contributed by atoms with Crippen molar-refractivity contribution in [3.8, 4) is 6.07 Å². The highest BCUT2D eigenvalue weighted by Gasteiger charge is 2.28. The molecule has 0 spiro atoms. The summed E-state index contributed by atoms with van der Waals surface area (Å²) >= 11 is 1.28. The molecular weight excluding hydrogens is 384 g/mol. The average molecular weight is 407 g/mol. The number of allylic oxidation sites excluding steroid dienone is 1. The summed E-state index contributed by atoms with van der Waals surface area (Å²) in [5.74, 6) is -0.514. The quantitative estimate of drug-likeness (QED) is 0.703. The first-order valence-corrected chi connectivity index (χ1v) is 9.89. The minimum absolute atomic E-state index is 0.425. The second kappa shape index (κ2) is 8.90. The molecular formula is C21H22N6OS. The summed E-state index contributed by atoms with van der Waals surface area (Å²) in [6, 6.07) is 13.2. The number of hydrogen-bond acceptors (Lipinski definition) is 7. The highest BCUT2D eigenvalue weighted by Crippen LogP contribution is 2.34. The van der Waals surface area contributed by atoms with Gasteiger partial charge in [-0.2, -0.15) is 5.26 Å². The lowest BCUT2D eigenvalue weighted by Crippen LogP contribution is -2.32. The molecule has 0 aliphatic carbocycles. The highest BCUT2D eigenvalue weighted by molar-refractivity contribution is 8.13. The van der Waals surface area contributed by atoms with E-state index < -0.39 is 11.9 Å². The molecule has 7 nitrogen and oxygen atoms in total. The van der Waals surface area contributed by atoms with Gasteiger partial charge in [0.2, 0.25) is 5.91 Å². The number of amidine groups is 1. The van der Waals surface area contributed by atoms with Crippen LogP contribution in [0.4, 0.5) is 0 Å². The van der Waals surface area contributed by atoms with Gasteiger partial charge in [-0.1, -0.05) is 30.3 Å². The number of benzene rings is 1. The van der Waals surface area contributed by atoms with Gasteiger partial charge < -0.3 is 16.4 Å². The van der Waals surface area contributed by atoms with Gasteiger partial charge in [-0.15, -0.1) is 0 Å². The van der Waals surface area contributed by atoms with Crippen LogP contribution >= 0.6 is 11.8 Å². The van der Waals surface area contributed by atoms with Crippen molar-refractivity contribution in [2.75, 3.05) is 7.05 Å². The van der Waals surface area contributed by atoms with E-state index in [0.717, 1.165) is 16.8 Å². The number of nitrogens with zero attached hydrogens (tertiary/aromatic N) is 3. The molecule has 0 saturated carbocycles. The summed E-state index contributed by atoms with van der Waals surface area (Å²) in [6.07, 6.45) is 0. The Bertz CT molecular complexity index is 1040. The number of pyridine rings is 1. The number of aromatic nitrogens is 1. The van der Waals surface area contributed by atoms with Crippen LogP contribution in [0.25, 0.3) is 0 Å². The number of carbonyl (C=O) groups excluding carboxylic acids is 1. The zero-order valence-electron chi connectivity index (χ0n) is 16.5. The summed E-state index contributed by atoms with van der Waals surface area (Å²) in [5, 5.41) is 17.0. The Labute approximate surface area is 174 Å². The zero-order chi connectivity index (χ0) is 21.0. The fourth-order valence-electron chi connectivity index (χ4n) is 3.22. The topological polar surface area (TPSA) is 116 Å². The van der Waals surface area contributed by atoms with Crippen LogP contribution in [0.5, 0.6) is 0 Å². The van der Waals surface area contributed by atoms with Crippen LogP contribution in [-0.2, 0) is 11.3 Å². The van der Waals surface area contributed by atoms with Gasteiger partial charge >= 0.3 is 0 Å². The monoisotopic (exact) mass is 406 g/mol. The van der Waals surface area contributed by atoms with E-state index in [1.54, 1.807) is 6.92 Å². The molecule has 0 fully saturated rings. The van der Waals surface area contributed by atoms with Crippen LogP contribution in [0.15, 0.2) is 57.7 Å². The third kappa shape index (κ3) is 4.47. The zero-order valence-corrected chi connectivity index (χ0v) is 17.3. The fraction of sp³-hybridized carbons (Fsp3) is 0.238. The van der Waals surface area contributed by atoms with Gasteiger partial charge in [0.05, 0.1) is 11.1 Å². The minimum Gasteiger partial charge on any atom is -0.366 e. The van der Waals surface area contributed by atoms with E-state index in [9.17, 15) is 10.1 Å². The summed E-state index contributed by atoms with van der Waals surface area (Å²) in [5.41, 5.74) is 9.78. The highest BCUT2D eigenvalue weighted by atomic mass is 32.2. The Hall–Kier alpha value is -3.15. The van der Waals surface area contributed by atoms with E-state index in [-0.39, 0.29) is 0 Å². The van der Waals surface area contributed by atoms with Gasteiger partial charge in [-0.25, -0.2) is 9.98 Å². The molecule has 1 aromatic heterocycles. The Morgan fingerprint density at radius 3 is 2.69 bits per heavy atom. The number of aliphatic imine (C=N–C) groups is 1. The van der Waals surface area contributed by atoms with E-state index in [1.807, 2.05) is 50.4 Å². The Balaban J connectivity index is 2.03. The number of amides is 1. The second-order valence-corrected chi connectivity index (χ2v) is 7.60. The van der Waals surface area contributed by atoms with Gasteiger partial charge in [-0.3, -0.25) is 4.79 Å². The fourth-order valence-corrected chi connectivity index (χ4v) is 4.23. The molecule has 0 unspecified atom stereocenters. The van der Waals surface area contributed by atoms with Crippen molar-refractivity contribution in [1.29, 1.82) is 5.26 Å². The largest absolute Gasteiger partial charge is 0.366 e. The van der Waals surface area contributed by atoms with Gasteiger partial charge in [0.1, 0.15) is 17.1 Å². The Morgan fingerprint density at radius 1 is 1.34 bits per heavy atom. The van der Waals surface area contributed by atoms with Crippen LogP contribution in [0.3, 0.4) is 0 Å². The van der Waals surface area contributed by atoms with Gasteiger partial charge in [0.25, 0.3) is 0 Å². The summed E-state index contributed by atoms with van der Waals surface area (Å²) in [4.78, 5) is 21.3. The van der Waals surface area contributed by atoms with Crippen LogP contribution in [-0.4, -0.2) is 23.1 Å². The number of hydrogen-bond donors (Lipinski definition) is 3. The Kier molecular flexibility index (Phi) is 6.32. The number of rotatable bonds is 5. The molecule has 4 N–H and O–H groups in total. The molecule has 0 saturated heterocycles. The van der Waals surface area contributed by atoms with Gasteiger partial charge in [0, 0.05) is 17.9 Å². The number of nitrogens with one attached hydrogen (secondary N) is 2. The molecule has 1 aliphatic rings. The molecule has 2 aromatic rings. The number of nitrogens with two attached hydrogens (primary N) is 1. The van der Waals surface area contributed by atoms with E-state index in [4.69, 9.17) is 10.7 Å². The smallest absolute Gasteiger partial charge is 0.248 e. The maximum atomic E-state index is 12.1. The number of primary amides is 1. The van der Waals surface area contributed by atoms with Crippen LogP contribution < -0.4 is 16.4 Å². The number of aryl methyl sites for hydroxylation is 1. The molecule has 1 atom stereocenters. The summed E-state index contributed by atoms with van der Waals surface area (Å²) in [6.45, 7) is 4.26.